The Bertz CT molecular complexity index is 739. The zero-order valence-corrected chi connectivity index (χ0v) is 12.3. The molecule has 2 aromatic carbocycles. The largest absolute Gasteiger partial charge is 0.325 e. The standard InChI is InChI=1S/C17H14ClNO2/c1-10-6-7-11(18)8-15(10)19-17(21)14-9-16(20)13-5-3-2-4-12(13)14/h2-8,14H,9H2,1H3,(H,19,21)/t14-/m0/s1. The number of anilines is 1. The lowest BCUT2D eigenvalue weighted by Gasteiger charge is -2.13. The number of amides is 1. The van der Waals surface area contributed by atoms with Crippen molar-refractivity contribution in [2.45, 2.75) is 19.3 Å². The van der Waals surface area contributed by atoms with Gasteiger partial charge in [-0.2, -0.15) is 0 Å². The summed E-state index contributed by atoms with van der Waals surface area (Å²) in [5.74, 6) is -0.570. The van der Waals surface area contributed by atoms with Crippen LogP contribution in [0.4, 0.5) is 5.69 Å². The highest BCUT2D eigenvalue weighted by atomic mass is 35.5. The van der Waals surface area contributed by atoms with E-state index in [0.717, 1.165) is 11.1 Å². The van der Waals surface area contributed by atoms with E-state index < -0.39 is 5.92 Å². The molecule has 0 saturated carbocycles. The number of ketones is 1. The number of nitrogens with one attached hydrogen (secondary N) is 1. The van der Waals surface area contributed by atoms with Crippen LogP contribution in [0.3, 0.4) is 0 Å². The molecule has 21 heavy (non-hydrogen) atoms. The third-order valence-electron chi connectivity index (χ3n) is 3.80. The maximum absolute atomic E-state index is 12.5. The molecule has 0 saturated heterocycles. The zero-order valence-electron chi connectivity index (χ0n) is 11.5. The van der Waals surface area contributed by atoms with Gasteiger partial charge in [-0.05, 0) is 30.2 Å². The second-order valence-corrected chi connectivity index (χ2v) is 5.65. The predicted octanol–water partition coefficient (Wildman–Crippen LogP) is 3.96. The van der Waals surface area contributed by atoms with Crippen LogP contribution in [0, 0.1) is 6.92 Å². The van der Waals surface area contributed by atoms with Gasteiger partial charge in [-0.1, -0.05) is 41.9 Å². The first-order valence-corrected chi connectivity index (χ1v) is 7.13. The summed E-state index contributed by atoms with van der Waals surface area (Å²) in [4.78, 5) is 24.4. The Hall–Kier alpha value is -2.13. The second-order valence-electron chi connectivity index (χ2n) is 5.22. The molecular formula is C17H14ClNO2. The molecule has 0 spiro atoms. The van der Waals surface area contributed by atoms with E-state index in [1.807, 2.05) is 31.2 Å². The topological polar surface area (TPSA) is 46.2 Å². The van der Waals surface area contributed by atoms with Crippen molar-refractivity contribution in [3.8, 4) is 0 Å². The fraction of sp³-hybridized carbons (Fsp3) is 0.176. The lowest BCUT2D eigenvalue weighted by Crippen LogP contribution is -2.20. The van der Waals surface area contributed by atoms with Crippen LogP contribution in [0.15, 0.2) is 42.5 Å². The van der Waals surface area contributed by atoms with Crippen LogP contribution < -0.4 is 5.32 Å². The maximum atomic E-state index is 12.5. The fourth-order valence-corrected chi connectivity index (χ4v) is 2.81. The number of carbonyl (C=O) groups excluding carboxylic acids is 2. The summed E-state index contributed by atoms with van der Waals surface area (Å²) >= 11 is 5.96. The summed E-state index contributed by atoms with van der Waals surface area (Å²) in [6.45, 7) is 1.90. The number of hydrogen-bond acceptors (Lipinski definition) is 2. The first-order valence-electron chi connectivity index (χ1n) is 6.75. The van der Waals surface area contributed by atoms with Crippen molar-refractivity contribution in [3.05, 3.63) is 64.2 Å². The number of carbonyl (C=O) groups is 2. The molecule has 1 N–H and O–H groups in total. The maximum Gasteiger partial charge on any atom is 0.232 e. The monoisotopic (exact) mass is 299 g/mol. The quantitative estimate of drug-likeness (QED) is 0.912. The van der Waals surface area contributed by atoms with Gasteiger partial charge in [0, 0.05) is 22.7 Å². The van der Waals surface area contributed by atoms with Gasteiger partial charge in [0.05, 0.1) is 5.92 Å². The number of aryl methyl sites for hydroxylation is 1. The van der Waals surface area contributed by atoms with Gasteiger partial charge in [-0.25, -0.2) is 0 Å². The Labute approximate surface area is 127 Å². The van der Waals surface area contributed by atoms with Crippen molar-refractivity contribution in [2.24, 2.45) is 0 Å². The van der Waals surface area contributed by atoms with Crippen molar-refractivity contribution in [1.82, 2.24) is 0 Å². The van der Waals surface area contributed by atoms with Crippen LogP contribution >= 0.6 is 11.6 Å². The fourth-order valence-electron chi connectivity index (χ4n) is 2.64. The molecule has 2 aromatic rings. The molecule has 1 aliphatic carbocycles. The normalized spacial score (nSPS) is 16.7. The van der Waals surface area contributed by atoms with E-state index >= 15 is 0 Å². The van der Waals surface area contributed by atoms with E-state index in [9.17, 15) is 9.59 Å². The minimum absolute atomic E-state index is 0.0218. The van der Waals surface area contributed by atoms with E-state index in [1.165, 1.54) is 0 Å². The number of Topliss-reactive ketones (excluding diaryl/α,β-unsaturated/α-hetero) is 1. The molecule has 106 valence electrons. The predicted molar refractivity (Wildman–Crippen MR) is 82.9 cm³/mol. The Balaban J connectivity index is 1.87. The van der Waals surface area contributed by atoms with Gasteiger partial charge >= 0.3 is 0 Å². The van der Waals surface area contributed by atoms with Crippen LogP contribution in [0.1, 0.15) is 33.8 Å². The Morgan fingerprint density at radius 1 is 1.24 bits per heavy atom. The molecule has 0 heterocycles. The smallest absolute Gasteiger partial charge is 0.232 e. The molecule has 1 aliphatic rings. The molecule has 1 amide bonds. The van der Waals surface area contributed by atoms with Crippen molar-refractivity contribution < 1.29 is 9.59 Å². The molecular weight excluding hydrogens is 286 g/mol. The summed E-state index contributed by atoms with van der Waals surface area (Å²) < 4.78 is 0. The number of fused-ring (bicyclic) bond motifs is 1. The number of halogens is 1. The highest BCUT2D eigenvalue weighted by Gasteiger charge is 2.33. The Morgan fingerprint density at radius 2 is 2.00 bits per heavy atom. The van der Waals surface area contributed by atoms with E-state index in [4.69, 9.17) is 11.6 Å². The summed E-state index contributed by atoms with van der Waals surface area (Å²) in [7, 11) is 0. The first kappa shape index (κ1) is 13.8. The van der Waals surface area contributed by atoms with E-state index in [-0.39, 0.29) is 18.1 Å². The van der Waals surface area contributed by atoms with E-state index in [2.05, 4.69) is 5.32 Å². The van der Waals surface area contributed by atoms with Gasteiger partial charge < -0.3 is 5.32 Å². The van der Waals surface area contributed by atoms with Crippen molar-refractivity contribution in [3.63, 3.8) is 0 Å². The molecule has 0 radical (unpaired) electrons. The summed E-state index contributed by atoms with van der Waals surface area (Å²) in [5, 5.41) is 3.45. The first-order chi connectivity index (χ1) is 10.1. The minimum Gasteiger partial charge on any atom is -0.325 e. The van der Waals surface area contributed by atoms with Gasteiger partial charge in [-0.3, -0.25) is 9.59 Å². The highest BCUT2D eigenvalue weighted by molar-refractivity contribution is 6.31. The van der Waals surface area contributed by atoms with E-state index in [1.54, 1.807) is 18.2 Å². The molecule has 1 atom stereocenters. The highest BCUT2D eigenvalue weighted by Crippen LogP contribution is 2.34. The SMILES string of the molecule is Cc1ccc(Cl)cc1NC(=O)[C@H]1CC(=O)c2ccccc21. The summed E-state index contributed by atoms with van der Waals surface area (Å²) in [6, 6.07) is 12.6. The molecule has 0 bridgehead atoms. The van der Waals surface area contributed by atoms with Gasteiger partial charge in [0.2, 0.25) is 5.91 Å². The number of benzene rings is 2. The average molecular weight is 300 g/mol. The van der Waals surface area contributed by atoms with Crippen molar-refractivity contribution >= 4 is 29.0 Å². The molecule has 3 nitrogen and oxygen atoms in total. The van der Waals surface area contributed by atoms with Gasteiger partial charge in [0.25, 0.3) is 0 Å². The molecule has 4 heteroatoms. The molecule has 0 unspecified atom stereocenters. The molecule has 0 fully saturated rings. The van der Waals surface area contributed by atoms with Gasteiger partial charge in [0.1, 0.15) is 0 Å². The van der Waals surface area contributed by atoms with Crippen molar-refractivity contribution in [2.75, 3.05) is 5.32 Å². The lowest BCUT2D eigenvalue weighted by molar-refractivity contribution is -0.117. The zero-order chi connectivity index (χ0) is 15.0. The third-order valence-corrected chi connectivity index (χ3v) is 4.04. The second kappa shape index (κ2) is 5.34. The van der Waals surface area contributed by atoms with Crippen LogP contribution in [0.25, 0.3) is 0 Å². The van der Waals surface area contributed by atoms with Crippen LogP contribution in [-0.2, 0) is 4.79 Å². The summed E-state index contributed by atoms with van der Waals surface area (Å²) in [6.07, 6.45) is 0.227. The van der Waals surface area contributed by atoms with Crippen molar-refractivity contribution in [1.29, 1.82) is 0 Å². The molecule has 0 aliphatic heterocycles. The third kappa shape index (κ3) is 2.57. The van der Waals surface area contributed by atoms with Crippen LogP contribution in [0.5, 0.6) is 0 Å². The lowest BCUT2D eigenvalue weighted by atomic mass is 10.0. The van der Waals surface area contributed by atoms with E-state index in [0.29, 0.717) is 16.3 Å². The number of hydrogen-bond donors (Lipinski definition) is 1. The average Bonchev–Trinajstić information content (AvgIpc) is 2.81. The van der Waals surface area contributed by atoms with Gasteiger partial charge in [0.15, 0.2) is 5.78 Å². The van der Waals surface area contributed by atoms with Gasteiger partial charge in [-0.15, -0.1) is 0 Å². The Kier molecular flexibility index (Phi) is 3.52. The van der Waals surface area contributed by atoms with Crippen LogP contribution in [0.2, 0.25) is 5.02 Å². The minimum atomic E-state index is -0.424. The summed E-state index contributed by atoms with van der Waals surface area (Å²) in [5.41, 5.74) is 3.08. The number of rotatable bonds is 2. The Morgan fingerprint density at radius 3 is 2.81 bits per heavy atom. The molecule has 3 rings (SSSR count). The van der Waals surface area contributed by atoms with Crippen LogP contribution in [-0.4, -0.2) is 11.7 Å². The molecule has 0 aromatic heterocycles.